The quantitative estimate of drug-likeness (QED) is 0.854. The van der Waals surface area contributed by atoms with Crippen LogP contribution in [0.15, 0.2) is 24.3 Å². The number of benzene rings is 1. The fourth-order valence-corrected chi connectivity index (χ4v) is 3.95. The summed E-state index contributed by atoms with van der Waals surface area (Å²) in [6.45, 7) is 5.22. The SMILES string of the molecule is COCc1ccccc1CNS(=O)(=O)N1CC(C)OC(C)C1. The van der Waals surface area contributed by atoms with E-state index in [1.54, 1.807) is 7.11 Å². The van der Waals surface area contributed by atoms with Crippen LogP contribution in [0.3, 0.4) is 0 Å². The number of rotatable bonds is 6. The molecule has 1 fully saturated rings. The topological polar surface area (TPSA) is 67.9 Å². The molecule has 2 atom stereocenters. The summed E-state index contributed by atoms with van der Waals surface area (Å²) in [5.74, 6) is 0. The Labute approximate surface area is 132 Å². The summed E-state index contributed by atoms with van der Waals surface area (Å²) in [6, 6.07) is 7.65. The van der Waals surface area contributed by atoms with Gasteiger partial charge in [0.15, 0.2) is 0 Å². The molecule has 0 bridgehead atoms. The molecule has 2 rings (SSSR count). The minimum atomic E-state index is -3.52. The number of hydrogen-bond acceptors (Lipinski definition) is 4. The van der Waals surface area contributed by atoms with Gasteiger partial charge in [0.2, 0.25) is 0 Å². The lowest BCUT2D eigenvalue weighted by molar-refractivity contribution is -0.0444. The Morgan fingerprint density at radius 2 is 1.82 bits per heavy atom. The van der Waals surface area contributed by atoms with Gasteiger partial charge in [-0.05, 0) is 25.0 Å². The van der Waals surface area contributed by atoms with Gasteiger partial charge in [0, 0.05) is 26.7 Å². The van der Waals surface area contributed by atoms with Crippen molar-refractivity contribution in [1.29, 1.82) is 0 Å². The van der Waals surface area contributed by atoms with E-state index in [0.29, 0.717) is 19.7 Å². The van der Waals surface area contributed by atoms with Crippen molar-refractivity contribution < 1.29 is 17.9 Å². The third-order valence-electron chi connectivity index (χ3n) is 3.59. The van der Waals surface area contributed by atoms with Crippen molar-refractivity contribution in [3.05, 3.63) is 35.4 Å². The Morgan fingerprint density at radius 3 is 2.41 bits per heavy atom. The first-order valence-electron chi connectivity index (χ1n) is 7.38. The molecule has 0 aliphatic carbocycles. The molecule has 0 spiro atoms. The summed E-state index contributed by atoms with van der Waals surface area (Å²) in [7, 11) is -1.89. The van der Waals surface area contributed by atoms with Crippen molar-refractivity contribution in [2.45, 2.75) is 39.2 Å². The summed E-state index contributed by atoms with van der Waals surface area (Å²) in [4.78, 5) is 0. The molecule has 6 nitrogen and oxygen atoms in total. The molecular weight excluding hydrogens is 304 g/mol. The number of nitrogens with zero attached hydrogens (tertiary/aromatic N) is 1. The maximum Gasteiger partial charge on any atom is 0.279 e. The Bertz CT molecular complexity index is 581. The summed E-state index contributed by atoms with van der Waals surface area (Å²) >= 11 is 0. The molecule has 1 aliphatic rings. The normalized spacial score (nSPS) is 23.6. The molecule has 7 heteroatoms. The van der Waals surface area contributed by atoms with E-state index in [4.69, 9.17) is 9.47 Å². The predicted molar refractivity (Wildman–Crippen MR) is 84.5 cm³/mol. The van der Waals surface area contributed by atoms with E-state index in [0.717, 1.165) is 11.1 Å². The van der Waals surface area contributed by atoms with Crippen molar-refractivity contribution in [1.82, 2.24) is 9.03 Å². The van der Waals surface area contributed by atoms with Gasteiger partial charge >= 0.3 is 0 Å². The van der Waals surface area contributed by atoms with Crippen LogP contribution in [0.5, 0.6) is 0 Å². The zero-order valence-corrected chi connectivity index (χ0v) is 14.1. The van der Waals surface area contributed by atoms with Crippen molar-refractivity contribution in [3.8, 4) is 0 Å². The van der Waals surface area contributed by atoms with Gasteiger partial charge in [-0.2, -0.15) is 17.4 Å². The number of morpholine rings is 1. The monoisotopic (exact) mass is 328 g/mol. The first-order chi connectivity index (χ1) is 10.4. The van der Waals surface area contributed by atoms with Crippen molar-refractivity contribution >= 4 is 10.2 Å². The fraction of sp³-hybridized carbons (Fsp3) is 0.600. The van der Waals surface area contributed by atoms with Gasteiger partial charge in [-0.15, -0.1) is 0 Å². The summed E-state index contributed by atoms with van der Waals surface area (Å²) in [5, 5.41) is 0. The minimum absolute atomic E-state index is 0.0962. The average Bonchev–Trinajstić information content (AvgIpc) is 2.46. The second kappa shape index (κ2) is 7.52. The molecule has 0 amide bonds. The van der Waals surface area contributed by atoms with Crippen molar-refractivity contribution in [3.63, 3.8) is 0 Å². The van der Waals surface area contributed by atoms with Crippen molar-refractivity contribution in [2.24, 2.45) is 0 Å². The van der Waals surface area contributed by atoms with Crippen LogP contribution >= 0.6 is 0 Å². The second-order valence-electron chi connectivity index (χ2n) is 5.60. The van der Waals surface area contributed by atoms with Crippen LogP contribution in [0.25, 0.3) is 0 Å². The molecule has 1 aromatic rings. The minimum Gasteiger partial charge on any atom is -0.380 e. The molecule has 124 valence electrons. The molecule has 1 saturated heterocycles. The van der Waals surface area contributed by atoms with Crippen LogP contribution in [0.2, 0.25) is 0 Å². The van der Waals surface area contributed by atoms with E-state index in [1.807, 2.05) is 38.1 Å². The zero-order valence-electron chi connectivity index (χ0n) is 13.3. The molecule has 0 saturated carbocycles. The first kappa shape index (κ1) is 17.4. The lowest BCUT2D eigenvalue weighted by Crippen LogP contribution is -2.51. The molecular formula is C15H24N2O4S. The number of nitrogens with one attached hydrogen (secondary N) is 1. The van der Waals surface area contributed by atoms with Crippen molar-refractivity contribution in [2.75, 3.05) is 20.2 Å². The Balaban J connectivity index is 2.04. The summed E-state index contributed by atoms with van der Waals surface area (Å²) < 4.78 is 39.7. The molecule has 0 radical (unpaired) electrons. The van der Waals surface area contributed by atoms with Crippen LogP contribution in [-0.4, -0.2) is 45.1 Å². The van der Waals surface area contributed by atoms with Gasteiger partial charge in [0.25, 0.3) is 10.2 Å². The number of hydrogen-bond donors (Lipinski definition) is 1. The maximum atomic E-state index is 12.4. The molecule has 22 heavy (non-hydrogen) atoms. The molecule has 1 aromatic carbocycles. The lowest BCUT2D eigenvalue weighted by atomic mass is 10.1. The highest BCUT2D eigenvalue weighted by Crippen LogP contribution is 2.15. The second-order valence-corrected chi connectivity index (χ2v) is 7.36. The Kier molecular flexibility index (Phi) is 5.94. The van der Waals surface area contributed by atoms with Gasteiger partial charge in [-0.3, -0.25) is 0 Å². The van der Waals surface area contributed by atoms with Gasteiger partial charge in [-0.1, -0.05) is 24.3 Å². The average molecular weight is 328 g/mol. The predicted octanol–water partition coefficient (Wildman–Crippen LogP) is 1.28. The third-order valence-corrected chi connectivity index (χ3v) is 5.08. The number of methoxy groups -OCH3 is 1. The van der Waals surface area contributed by atoms with E-state index in [-0.39, 0.29) is 18.8 Å². The molecule has 0 aromatic heterocycles. The zero-order chi connectivity index (χ0) is 16.2. The van der Waals surface area contributed by atoms with Crippen LogP contribution in [0, 0.1) is 0 Å². The van der Waals surface area contributed by atoms with Crippen LogP contribution in [-0.2, 0) is 32.8 Å². The van der Waals surface area contributed by atoms with Gasteiger partial charge in [-0.25, -0.2) is 0 Å². The van der Waals surface area contributed by atoms with Gasteiger partial charge in [0.1, 0.15) is 0 Å². The van der Waals surface area contributed by atoms with E-state index < -0.39 is 10.2 Å². The number of ether oxygens (including phenoxy) is 2. The van der Waals surface area contributed by atoms with E-state index in [2.05, 4.69) is 4.72 Å². The van der Waals surface area contributed by atoms with Crippen LogP contribution < -0.4 is 4.72 Å². The van der Waals surface area contributed by atoms with Crippen LogP contribution in [0.4, 0.5) is 0 Å². The molecule has 1 N–H and O–H groups in total. The smallest absolute Gasteiger partial charge is 0.279 e. The largest absolute Gasteiger partial charge is 0.380 e. The highest BCUT2D eigenvalue weighted by Gasteiger charge is 2.30. The standard InChI is InChI=1S/C15H24N2O4S/c1-12-9-17(10-13(2)21-12)22(18,19)16-8-14-6-4-5-7-15(14)11-20-3/h4-7,12-13,16H,8-11H2,1-3H3. The maximum absolute atomic E-state index is 12.4. The highest BCUT2D eigenvalue weighted by molar-refractivity contribution is 7.87. The van der Waals surface area contributed by atoms with E-state index in [1.165, 1.54) is 4.31 Å². The lowest BCUT2D eigenvalue weighted by Gasteiger charge is -2.34. The summed E-state index contributed by atoms with van der Waals surface area (Å²) in [5.41, 5.74) is 1.90. The van der Waals surface area contributed by atoms with Gasteiger partial charge in [0.05, 0.1) is 18.8 Å². The summed E-state index contributed by atoms with van der Waals surface area (Å²) in [6.07, 6.45) is -0.192. The Hall–Kier alpha value is -0.990. The molecule has 1 aliphatic heterocycles. The van der Waals surface area contributed by atoms with Crippen LogP contribution in [0.1, 0.15) is 25.0 Å². The third kappa shape index (κ3) is 4.50. The fourth-order valence-electron chi connectivity index (χ4n) is 2.61. The van der Waals surface area contributed by atoms with E-state index in [9.17, 15) is 8.42 Å². The van der Waals surface area contributed by atoms with E-state index >= 15 is 0 Å². The van der Waals surface area contributed by atoms with Gasteiger partial charge < -0.3 is 9.47 Å². The Morgan fingerprint density at radius 1 is 1.23 bits per heavy atom. The first-order valence-corrected chi connectivity index (χ1v) is 8.82. The highest BCUT2D eigenvalue weighted by atomic mass is 32.2. The molecule has 1 heterocycles. The molecule has 2 unspecified atom stereocenters.